The molecular formula is C12H20N4O3. The topological polar surface area (TPSA) is 97.1 Å². The molecule has 0 spiro atoms. The number of nitrogens with one attached hydrogen (secondary N) is 1. The Morgan fingerprint density at radius 2 is 1.95 bits per heavy atom. The molecule has 106 valence electrons. The van der Waals surface area contributed by atoms with Crippen LogP contribution in [0, 0.1) is 5.41 Å². The molecule has 0 saturated heterocycles. The molecule has 19 heavy (non-hydrogen) atoms. The Kier molecular flexibility index (Phi) is 4.28. The Hall–Kier alpha value is -1.92. The Balaban J connectivity index is 2.58. The maximum Gasteiger partial charge on any atom is 0.311 e. The molecule has 0 radical (unpaired) electrons. The molecule has 7 nitrogen and oxygen atoms in total. The van der Waals surface area contributed by atoms with Gasteiger partial charge in [0.2, 0.25) is 5.91 Å². The van der Waals surface area contributed by atoms with Crippen LogP contribution in [0.1, 0.15) is 34.1 Å². The lowest BCUT2D eigenvalue weighted by Crippen LogP contribution is -2.57. The van der Waals surface area contributed by atoms with Crippen molar-refractivity contribution in [2.24, 2.45) is 5.41 Å². The molecule has 0 fully saturated rings. The van der Waals surface area contributed by atoms with Crippen LogP contribution in [0.15, 0.2) is 12.4 Å². The van der Waals surface area contributed by atoms with Crippen molar-refractivity contribution in [1.29, 1.82) is 0 Å². The average Bonchev–Trinajstić information content (AvgIpc) is 2.78. The lowest BCUT2D eigenvalue weighted by molar-refractivity contribution is -0.151. The van der Waals surface area contributed by atoms with Gasteiger partial charge < -0.3 is 10.4 Å². The molecule has 1 amide bonds. The van der Waals surface area contributed by atoms with E-state index in [0.29, 0.717) is 6.54 Å². The van der Waals surface area contributed by atoms with E-state index >= 15 is 0 Å². The van der Waals surface area contributed by atoms with Crippen LogP contribution in [-0.2, 0) is 16.1 Å². The highest BCUT2D eigenvalue weighted by molar-refractivity contribution is 5.80. The smallest absolute Gasteiger partial charge is 0.311 e. The minimum Gasteiger partial charge on any atom is -0.481 e. The molecule has 0 aliphatic carbocycles. The SMILES string of the molecule is CC(C)(NC(=O)CCn1ccnn1)C(C)(C)C(=O)O. The van der Waals surface area contributed by atoms with E-state index in [0.717, 1.165) is 0 Å². The van der Waals surface area contributed by atoms with Crippen molar-refractivity contribution in [2.75, 3.05) is 0 Å². The zero-order valence-corrected chi connectivity index (χ0v) is 11.7. The van der Waals surface area contributed by atoms with Crippen molar-refractivity contribution in [3.63, 3.8) is 0 Å². The van der Waals surface area contributed by atoms with Gasteiger partial charge in [-0.2, -0.15) is 0 Å². The Morgan fingerprint density at radius 1 is 1.32 bits per heavy atom. The van der Waals surface area contributed by atoms with Crippen molar-refractivity contribution in [2.45, 2.75) is 46.2 Å². The zero-order chi connectivity index (χ0) is 14.7. The maximum absolute atomic E-state index is 11.9. The largest absolute Gasteiger partial charge is 0.481 e. The molecule has 0 aliphatic rings. The number of hydrogen-bond donors (Lipinski definition) is 2. The van der Waals surface area contributed by atoms with Gasteiger partial charge in [-0.15, -0.1) is 5.10 Å². The van der Waals surface area contributed by atoms with Crippen molar-refractivity contribution < 1.29 is 14.7 Å². The summed E-state index contributed by atoms with van der Waals surface area (Å²) in [4.78, 5) is 23.1. The summed E-state index contributed by atoms with van der Waals surface area (Å²) in [7, 11) is 0. The molecule has 1 heterocycles. The highest BCUT2D eigenvalue weighted by atomic mass is 16.4. The first-order chi connectivity index (χ1) is 8.67. The lowest BCUT2D eigenvalue weighted by Gasteiger charge is -2.38. The number of rotatable bonds is 6. The van der Waals surface area contributed by atoms with E-state index < -0.39 is 16.9 Å². The highest BCUT2D eigenvalue weighted by Crippen LogP contribution is 2.30. The van der Waals surface area contributed by atoms with Gasteiger partial charge in [-0.25, -0.2) is 0 Å². The third kappa shape index (κ3) is 3.52. The Morgan fingerprint density at radius 3 is 2.42 bits per heavy atom. The third-order valence-electron chi connectivity index (χ3n) is 3.59. The molecule has 0 unspecified atom stereocenters. The molecule has 7 heteroatoms. The van der Waals surface area contributed by atoms with Gasteiger partial charge in [-0.1, -0.05) is 5.21 Å². The fourth-order valence-electron chi connectivity index (χ4n) is 1.40. The number of amides is 1. The summed E-state index contributed by atoms with van der Waals surface area (Å²) < 4.78 is 1.55. The summed E-state index contributed by atoms with van der Waals surface area (Å²) in [6.45, 7) is 7.00. The number of aliphatic carboxylic acids is 1. The summed E-state index contributed by atoms with van der Waals surface area (Å²) in [5.41, 5.74) is -1.91. The first-order valence-electron chi connectivity index (χ1n) is 6.05. The van der Waals surface area contributed by atoms with E-state index in [9.17, 15) is 14.7 Å². The van der Waals surface area contributed by atoms with Crippen LogP contribution < -0.4 is 5.32 Å². The molecule has 1 aromatic heterocycles. The van der Waals surface area contributed by atoms with E-state index in [4.69, 9.17) is 0 Å². The van der Waals surface area contributed by atoms with Gasteiger partial charge in [0.15, 0.2) is 0 Å². The van der Waals surface area contributed by atoms with Gasteiger partial charge >= 0.3 is 5.97 Å². The summed E-state index contributed by atoms with van der Waals surface area (Å²) in [5.74, 6) is -1.16. The van der Waals surface area contributed by atoms with E-state index in [1.54, 1.807) is 38.6 Å². The fourth-order valence-corrected chi connectivity index (χ4v) is 1.40. The predicted molar refractivity (Wildman–Crippen MR) is 68.3 cm³/mol. The molecule has 0 atom stereocenters. The van der Waals surface area contributed by atoms with Crippen LogP contribution in [0.2, 0.25) is 0 Å². The van der Waals surface area contributed by atoms with Crippen molar-refractivity contribution in [3.8, 4) is 0 Å². The van der Waals surface area contributed by atoms with Gasteiger partial charge in [0.25, 0.3) is 0 Å². The summed E-state index contributed by atoms with van der Waals surface area (Å²) in [6.07, 6.45) is 3.43. The standard InChI is InChI=1S/C12H20N4O3/c1-11(2,10(18)19)12(3,4)14-9(17)5-7-16-8-6-13-15-16/h6,8H,5,7H2,1-4H3,(H,14,17)(H,18,19). The van der Waals surface area contributed by atoms with E-state index in [-0.39, 0.29) is 12.3 Å². The molecule has 1 rings (SSSR count). The van der Waals surface area contributed by atoms with Gasteiger partial charge in [0.05, 0.1) is 18.2 Å². The summed E-state index contributed by atoms with van der Waals surface area (Å²) >= 11 is 0. The van der Waals surface area contributed by atoms with Gasteiger partial charge in [0, 0.05) is 18.2 Å². The van der Waals surface area contributed by atoms with Crippen LogP contribution in [0.25, 0.3) is 0 Å². The van der Waals surface area contributed by atoms with E-state index in [1.807, 2.05) is 0 Å². The maximum atomic E-state index is 11.9. The molecule has 0 bridgehead atoms. The van der Waals surface area contributed by atoms with Gasteiger partial charge in [0.1, 0.15) is 0 Å². The van der Waals surface area contributed by atoms with Crippen LogP contribution in [0.3, 0.4) is 0 Å². The van der Waals surface area contributed by atoms with E-state index in [2.05, 4.69) is 15.6 Å². The quantitative estimate of drug-likeness (QED) is 0.790. The molecule has 0 saturated carbocycles. The number of carboxylic acid groups (broad SMARTS) is 1. The van der Waals surface area contributed by atoms with E-state index in [1.165, 1.54) is 6.20 Å². The van der Waals surface area contributed by atoms with Crippen molar-refractivity contribution in [3.05, 3.63) is 12.4 Å². The Bertz CT molecular complexity index is 452. The Labute approximate surface area is 112 Å². The first kappa shape index (κ1) is 15.1. The minimum atomic E-state index is -1.06. The van der Waals surface area contributed by atoms with Crippen molar-refractivity contribution >= 4 is 11.9 Å². The molecule has 0 aromatic carbocycles. The fraction of sp³-hybridized carbons (Fsp3) is 0.667. The molecule has 0 aliphatic heterocycles. The number of carboxylic acids is 1. The second-order valence-corrected chi connectivity index (χ2v) is 5.52. The van der Waals surface area contributed by atoms with Crippen LogP contribution >= 0.6 is 0 Å². The molecule has 2 N–H and O–H groups in total. The normalized spacial score (nSPS) is 12.2. The number of aromatic nitrogens is 3. The van der Waals surface area contributed by atoms with Gasteiger partial charge in [-0.05, 0) is 27.7 Å². The predicted octanol–water partition coefficient (Wildman–Crippen LogP) is 0.674. The number of hydrogen-bond acceptors (Lipinski definition) is 4. The first-order valence-corrected chi connectivity index (χ1v) is 6.05. The zero-order valence-electron chi connectivity index (χ0n) is 11.7. The van der Waals surface area contributed by atoms with Crippen LogP contribution in [0.5, 0.6) is 0 Å². The average molecular weight is 268 g/mol. The molecule has 1 aromatic rings. The number of nitrogens with zero attached hydrogens (tertiary/aromatic N) is 3. The highest BCUT2D eigenvalue weighted by Gasteiger charge is 2.44. The van der Waals surface area contributed by atoms with Gasteiger partial charge in [-0.3, -0.25) is 14.3 Å². The minimum absolute atomic E-state index is 0.213. The lowest BCUT2D eigenvalue weighted by atomic mass is 9.74. The summed E-state index contributed by atoms with van der Waals surface area (Å²) in [5, 5.41) is 19.4. The second kappa shape index (κ2) is 5.38. The second-order valence-electron chi connectivity index (χ2n) is 5.52. The summed E-state index contributed by atoms with van der Waals surface area (Å²) in [6, 6.07) is 0. The number of aryl methyl sites for hydroxylation is 1. The monoisotopic (exact) mass is 268 g/mol. The van der Waals surface area contributed by atoms with Crippen LogP contribution in [0.4, 0.5) is 0 Å². The molecular weight excluding hydrogens is 248 g/mol. The number of carbonyl (C=O) groups is 2. The van der Waals surface area contributed by atoms with Crippen LogP contribution in [-0.4, -0.2) is 37.5 Å². The number of carbonyl (C=O) groups excluding carboxylic acids is 1. The third-order valence-corrected chi connectivity index (χ3v) is 3.59. The van der Waals surface area contributed by atoms with Crippen molar-refractivity contribution in [1.82, 2.24) is 20.3 Å².